The molecule has 11 heteroatoms. The molecule has 152 valence electrons. The first-order chi connectivity index (χ1) is 14.2. The number of nitrogens with zero attached hydrogens (tertiary/aromatic N) is 3. The van der Waals surface area contributed by atoms with Crippen LogP contribution in [0, 0.1) is 5.82 Å². The summed E-state index contributed by atoms with van der Waals surface area (Å²) < 4.78 is 59.4. The second-order valence-corrected chi connectivity index (χ2v) is 6.13. The summed E-state index contributed by atoms with van der Waals surface area (Å²) in [5.74, 6) is -1.79. The molecule has 0 aliphatic carbocycles. The molecule has 30 heavy (non-hydrogen) atoms. The molecule has 1 amide bonds. The molecule has 0 bridgehead atoms. The van der Waals surface area contributed by atoms with Crippen molar-refractivity contribution in [3.05, 3.63) is 82.2 Å². The van der Waals surface area contributed by atoms with Gasteiger partial charge in [0.25, 0.3) is 5.91 Å². The fourth-order valence-corrected chi connectivity index (χ4v) is 2.79. The maximum Gasteiger partial charge on any atom is 0.435 e. The van der Waals surface area contributed by atoms with Gasteiger partial charge in [0.15, 0.2) is 11.4 Å². The van der Waals surface area contributed by atoms with Gasteiger partial charge in [0.1, 0.15) is 11.4 Å². The van der Waals surface area contributed by atoms with Gasteiger partial charge in [0.2, 0.25) is 0 Å². The minimum absolute atomic E-state index is 0.115. The molecule has 0 aliphatic rings. The monoisotopic (exact) mass is 418 g/mol. The van der Waals surface area contributed by atoms with E-state index in [1.807, 2.05) is 0 Å². The van der Waals surface area contributed by atoms with Gasteiger partial charge in [-0.1, -0.05) is 5.21 Å². The average molecular weight is 418 g/mol. The molecule has 0 atom stereocenters. The molecule has 4 aromatic rings. The van der Waals surface area contributed by atoms with Crippen molar-refractivity contribution in [2.24, 2.45) is 0 Å². The molecule has 2 aromatic heterocycles. The van der Waals surface area contributed by atoms with Gasteiger partial charge in [-0.15, -0.1) is 5.10 Å². The molecular weight excluding hydrogens is 408 g/mol. The standard InChI is InChI=1S/C19H10F4N4O3/c20-11-2-5-13(6-3-11)27-17(19(21,22)23)16(25-26-27)18(29)24-12-4-7-14-10(9-12)1-8-15(28)30-14/h1-9H,(H,24,29). The van der Waals surface area contributed by atoms with Crippen molar-refractivity contribution >= 4 is 22.6 Å². The number of rotatable bonds is 3. The molecule has 0 spiro atoms. The highest BCUT2D eigenvalue weighted by Crippen LogP contribution is 2.33. The van der Waals surface area contributed by atoms with Crippen molar-refractivity contribution in [3.63, 3.8) is 0 Å². The van der Waals surface area contributed by atoms with E-state index in [1.54, 1.807) is 0 Å². The minimum atomic E-state index is -4.96. The first-order valence-corrected chi connectivity index (χ1v) is 8.36. The summed E-state index contributed by atoms with van der Waals surface area (Å²) in [5.41, 5.74) is -2.63. The van der Waals surface area contributed by atoms with Gasteiger partial charge in [0.05, 0.1) is 5.69 Å². The number of alkyl halides is 3. The first-order valence-electron chi connectivity index (χ1n) is 8.36. The maximum absolute atomic E-state index is 13.7. The summed E-state index contributed by atoms with van der Waals surface area (Å²) in [7, 11) is 0. The molecule has 0 aliphatic heterocycles. The largest absolute Gasteiger partial charge is 0.435 e. The van der Waals surface area contributed by atoms with Crippen molar-refractivity contribution in [3.8, 4) is 5.69 Å². The molecular formula is C19H10F4N4O3. The van der Waals surface area contributed by atoms with Gasteiger partial charge in [-0.3, -0.25) is 4.79 Å². The van der Waals surface area contributed by atoms with Crippen LogP contribution in [0.3, 0.4) is 0 Å². The van der Waals surface area contributed by atoms with Crippen LogP contribution in [0.5, 0.6) is 0 Å². The molecule has 0 saturated heterocycles. The number of hydrogen-bond acceptors (Lipinski definition) is 5. The van der Waals surface area contributed by atoms with Crippen molar-refractivity contribution in [1.29, 1.82) is 0 Å². The second-order valence-electron chi connectivity index (χ2n) is 6.13. The number of nitrogens with one attached hydrogen (secondary N) is 1. The quantitative estimate of drug-likeness (QED) is 0.404. The highest BCUT2D eigenvalue weighted by atomic mass is 19.4. The number of carbonyl (C=O) groups excluding carboxylic acids is 1. The molecule has 0 radical (unpaired) electrons. The third kappa shape index (κ3) is 3.64. The summed E-state index contributed by atoms with van der Waals surface area (Å²) in [6.45, 7) is 0. The van der Waals surface area contributed by atoms with Gasteiger partial charge < -0.3 is 9.73 Å². The number of carbonyl (C=O) groups is 1. The normalized spacial score (nSPS) is 11.6. The Morgan fingerprint density at radius 3 is 2.47 bits per heavy atom. The Morgan fingerprint density at radius 1 is 1.03 bits per heavy atom. The predicted molar refractivity (Wildman–Crippen MR) is 96.8 cm³/mol. The van der Waals surface area contributed by atoms with Crippen LogP contribution in [-0.4, -0.2) is 20.9 Å². The summed E-state index contributed by atoms with van der Waals surface area (Å²) in [5, 5.41) is 9.57. The Morgan fingerprint density at radius 2 is 1.77 bits per heavy atom. The molecule has 1 N–H and O–H groups in total. The Hall–Kier alpha value is -4.02. The molecule has 0 saturated carbocycles. The predicted octanol–water partition coefficient (Wildman–Crippen LogP) is 3.78. The maximum atomic E-state index is 13.7. The Balaban J connectivity index is 1.71. The second kappa shape index (κ2) is 7.10. The zero-order valence-corrected chi connectivity index (χ0v) is 14.8. The highest BCUT2D eigenvalue weighted by molar-refractivity contribution is 6.04. The zero-order valence-electron chi connectivity index (χ0n) is 14.8. The summed E-state index contributed by atoms with van der Waals surface area (Å²) in [6.07, 6.45) is -4.96. The fourth-order valence-electron chi connectivity index (χ4n) is 2.79. The number of aromatic nitrogens is 3. The van der Waals surface area contributed by atoms with Crippen LogP contribution in [0.4, 0.5) is 23.2 Å². The minimum Gasteiger partial charge on any atom is -0.423 e. The molecule has 0 fully saturated rings. The fraction of sp³-hybridized carbons (Fsp3) is 0.0526. The summed E-state index contributed by atoms with van der Waals surface area (Å²) in [4.78, 5) is 23.7. The van der Waals surface area contributed by atoms with Crippen LogP contribution in [0.25, 0.3) is 16.7 Å². The van der Waals surface area contributed by atoms with E-state index in [0.29, 0.717) is 10.1 Å². The SMILES string of the molecule is O=C(Nc1ccc2oc(=O)ccc2c1)c1nnn(-c2ccc(F)cc2)c1C(F)(F)F. The number of benzene rings is 2. The lowest BCUT2D eigenvalue weighted by molar-refractivity contribution is -0.143. The van der Waals surface area contributed by atoms with E-state index >= 15 is 0 Å². The van der Waals surface area contributed by atoms with Gasteiger partial charge in [-0.2, -0.15) is 13.2 Å². The van der Waals surface area contributed by atoms with E-state index in [2.05, 4.69) is 15.6 Å². The highest BCUT2D eigenvalue weighted by Gasteiger charge is 2.42. The van der Waals surface area contributed by atoms with Crippen molar-refractivity contribution < 1.29 is 26.8 Å². The van der Waals surface area contributed by atoms with Crippen LogP contribution in [-0.2, 0) is 6.18 Å². The van der Waals surface area contributed by atoms with Crippen molar-refractivity contribution in [1.82, 2.24) is 15.0 Å². The van der Waals surface area contributed by atoms with Crippen LogP contribution in [0.2, 0.25) is 0 Å². The van der Waals surface area contributed by atoms with Gasteiger partial charge in [-0.25, -0.2) is 13.9 Å². The number of fused-ring (bicyclic) bond motifs is 1. The molecule has 0 unspecified atom stereocenters. The lowest BCUT2D eigenvalue weighted by atomic mass is 10.2. The van der Waals surface area contributed by atoms with E-state index in [4.69, 9.17) is 4.42 Å². The van der Waals surface area contributed by atoms with E-state index in [1.165, 1.54) is 30.3 Å². The Kier molecular flexibility index (Phi) is 4.57. The number of amides is 1. The van der Waals surface area contributed by atoms with Crippen molar-refractivity contribution in [2.75, 3.05) is 5.32 Å². The average Bonchev–Trinajstić information content (AvgIpc) is 3.14. The molecule has 2 aromatic carbocycles. The van der Waals surface area contributed by atoms with Gasteiger partial charge in [-0.05, 0) is 48.5 Å². The summed E-state index contributed by atoms with van der Waals surface area (Å²) >= 11 is 0. The zero-order chi connectivity index (χ0) is 21.5. The van der Waals surface area contributed by atoms with Crippen molar-refractivity contribution in [2.45, 2.75) is 6.18 Å². The van der Waals surface area contributed by atoms with E-state index in [-0.39, 0.29) is 17.0 Å². The van der Waals surface area contributed by atoms with Crippen LogP contribution in [0.15, 0.2) is 63.8 Å². The lowest BCUT2D eigenvalue weighted by Gasteiger charge is -2.11. The molecule has 7 nitrogen and oxygen atoms in total. The van der Waals surface area contributed by atoms with Gasteiger partial charge in [0, 0.05) is 17.1 Å². The number of anilines is 1. The van der Waals surface area contributed by atoms with E-state index in [9.17, 15) is 27.2 Å². The van der Waals surface area contributed by atoms with E-state index < -0.39 is 34.9 Å². The smallest absolute Gasteiger partial charge is 0.423 e. The Bertz CT molecular complexity index is 1310. The Labute approximate surface area is 164 Å². The van der Waals surface area contributed by atoms with Crippen LogP contribution < -0.4 is 10.9 Å². The topological polar surface area (TPSA) is 90.0 Å². The van der Waals surface area contributed by atoms with Gasteiger partial charge >= 0.3 is 11.8 Å². The summed E-state index contributed by atoms with van der Waals surface area (Å²) in [6, 6.07) is 10.9. The molecule has 2 heterocycles. The van der Waals surface area contributed by atoms with Crippen LogP contribution >= 0.6 is 0 Å². The molecule has 4 rings (SSSR count). The third-order valence-corrected chi connectivity index (χ3v) is 4.10. The van der Waals surface area contributed by atoms with Crippen LogP contribution in [0.1, 0.15) is 16.2 Å². The third-order valence-electron chi connectivity index (χ3n) is 4.10. The number of halogens is 4. The van der Waals surface area contributed by atoms with E-state index in [0.717, 1.165) is 24.3 Å². The lowest BCUT2D eigenvalue weighted by Crippen LogP contribution is -2.21. The number of hydrogen-bond donors (Lipinski definition) is 1. The first kappa shape index (κ1) is 19.3.